The molecule has 0 aromatic heterocycles. The molecule has 2 aromatic rings. The first-order valence-electron chi connectivity index (χ1n) is 7.34. The van der Waals surface area contributed by atoms with E-state index in [-0.39, 0.29) is 5.69 Å². The lowest BCUT2D eigenvalue weighted by Gasteiger charge is -2.09. The molecule has 0 fully saturated rings. The van der Waals surface area contributed by atoms with E-state index in [1.54, 1.807) is 0 Å². The first-order valence-corrected chi connectivity index (χ1v) is 7.34. The smallest absolute Gasteiger partial charge is 0.311 e. The second-order valence-electron chi connectivity index (χ2n) is 5.11. The van der Waals surface area contributed by atoms with Crippen LogP contribution in [0.5, 0.6) is 5.75 Å². The molecule has 27 heavy (non-hydrogen) atoms. The number of halogens is 3. The molecule has 0 heterocycles. The molecular formula is C16H12F3N3O5. The third-order valence-corrected chi connectivity index (χ3v) is 3.13. The van der Waals surface area contributed by atoms with Gasteiger partial charge in [-0.2, -0.15) is 0 Å². The fourth-order valence-corrected chi connectivity index (χ4v) is 1.91. The number of hydrogen-bond acceptors (Lipinski definition) is 5. The summed E-state index contributed by atoms with van der Waals surface area (Å²) in [6.07, 6.45) is 0. The van der Waals surface area contributed by atoms with E-state index in [0.29, 0.717) is 0 Å². The summed E-state index contributed by atoms with van der Waals surface area (Å²) in [6.45, 7) is -1.23. The normalized spacial score (nSPS) is 10.2. The number of hydrogen-bond donors (Lipinski definition) is 2. The molecule has 0 aliphatic rings. The summed E-state index contributed by atoms with van der Waals surface area (Å²) in [7, 11) is 0. The van der Waals surface area contributed by atoms with E-state index in [9.17, 15) is 32.9 Å². The molecule has 0 spiro atoms. The third kappa shape index (κ3) is 5.70. The standard InChI is InChI=1S/C16H12F3N3O5/c17-9-1-4-13(22(25)26)14(5-9)27-8-16(24)20-7-15(23)21-10-2-3-11(18)12(19)6-10/h1-6H,7-8H2,(H,20,24)(H,21,23). The van der Waals surface area contributed by atoms with Gasteiger partial charge >= 0.3 is 5.69 Å². The summed E-state index contributed by atoms with van der Waals surface area (Å²) in [6, 6.07) is 5.22. The van der Waals surface area contributed by atoms with Crippen molar-refractivity contribution in [3.05, 3.63) is 64.0 Å². The van der Waals surface area contributed by atoms with Crippen LogP contribution >= 0.6 is 0 Å². The maximum atomic E-state index is 13.1. The van der Waals surface area contributed by atoms with Gasteiger partial charge in [0.25, 0.3) is 5.91 Å². The SMILES string of the molecule is O=C(COc1cc(F)ccc1[N+](=O)[O-])NCC(=O)Nc1ccc(F)c(F)c1. The van der Waals surface area contributed by atoms with Crippen molar-refractivity contribution in [3.8, 4) is 5.75 Å². The van der Waals surface area contributed by atoms with Crippen molar-refractivity contribution in [2.75, 3.05) is 18.5 Å². The average molecular weight is 383 g/mol. The van der Waals surface area contributed by atoms with Gasteiger partial charge in [-0.25, -0.2) is 13.2 Å². The third-order valence-electron chi connectivity index (χ3n) is 3.13. The van der Waals surface area contributed by atoms with Crippen molar-refractivity contribution >= 4 is 23.2 Å². The summed E-state index contributed by atoms with van der Waals surface area (Å²) in [4.78, 5) is 33.3. The summed E-state index contributed by atoms with van der Waals surface area (Å²) >= 11 is 0. The van der Waals surface area contributed by atoms with Gasteiger partial charge in [0.1, 0.15) is 5.82 Å². The first kappa shape index (κ1) is 19.7. The van der Waals surface area contributed by atoms with Gasteiger partial charge in [0.05, 0.1) is 11.5 Å². The molecular weight excluding hydrogens is 371 g/mol. The highest BCUT2D eigenvalue weighted by Crippen LogP contribution is 2.27. The lowest BCUT2D eigenvalue weighted by atomic mass is 10.3. The molecule has 0 aliphatic heterocycles. The molecule has 0 saturated carbocycles. The van der Waals surface area contributed by atoms with Gasteiger partial charge in [-0.05, 0) is 18.2 Å². The van der Waals surface area contributed by atoms with E-state index in [0.717, 1.165) is 36.4 Å². The van der Waals surface area contributed by atoms with Crippen molar-refractivity contribution in [3.63, 3.8) is 0 Å². The van der Waals surface area contributed by atoms with Crippen molar-refractivity contribution in [1.82, 2.24) is 5.32 Å². The van der Waals surface area contributed by atoms with Crippen LogP contribution in [0.4, 0.5) is 24.5 Å². The van der Waals surface area contributed by atoms with Crippen LogP contribution in [0.25, 0.3) is 0 Å². The molecule has 2 N–H and O–H groups in total. The van der Waals surface area contributed by atoms with Gasteiger partial charge in [-0.1, -0.05) is 0 Å². The molecule has 0 bridgehead atoms. The number of nitro benzene ring substituents is 1. The zero-order valence-electron chi connectivity index (χ0n) is 13.5. The summed E-state index contributed by atoms with van der Waals surface area (Å²) in [5.41, 5.74) is -0.542. The summed E-state index contributed by atoms with van der Waals surface area (Å²) in [5, 5.41) is 15.2. The Morgan fingerprint density at radius 2 is 1.78 bits per heavy atom. The molecule has 2 aromatic carbocycles. The van der Waals surface area contributed by atoms with E-state index in [4.69, 9.17) is 4.74 Å². The number of nitrogens with zero attached hydrogens (tertiary/aromatic N) is 1. The lowest BCUT2D eigenvalue weighted by molar-refractivity contribution is -0.385. The molecule has 11 heteroatoms. The molecule has 142 valence electrons. The van der Waals surface area contributed by atoms with Crippen molar-refractivity contribution < 1.29 is 32.4 Å². The average Bonchev–Trinajstić information content (AvgIpc) is 2.61. The Bertz CT molecular complexity index is 892. The maximum Gasteiger partial charge on any atom is 0.311 e. The molecule has 0 radical (unpaired) electrons. The monoisotopic (exact) mass is 383 g/mol. The summed E-state index contributed by atoms with van der Waals surface area (Å²) < 4.78 is 43.9. The minimum atomic E-state index is -1.15. The second kappa shape index (κ2) is 8.65. The zero-order valence-corrected chi connectivity index (χ0v) is 13.5. The number of carbonyl (C=O) groups excluding carboxylic acids is 2. The van der Waals surface area contributed by atoms with E-state index >= 15 is 0 Å². The molecule has 0 unspecified atom stereocenters. The Balaban J connectivity index is 1.84. The fraction of sp³-hybridized carbons (Fsp3) is 0.125. The minimum absolute atomic E-state index is 0.0141. The van der Waals surface area contributed by atoms with Crippen LogP contribution in [0, 0.1) is 27.6 Å². The van der Waals surface area contributed by atoms with Crippen molar-refractivity contribution in [1.29, 1.82) is 0 Å². The first-order chi connectivity index (χ1) is 12.8. The Labute approximate surface area is 150 Å². The van der Waals surface area contributed by atoms with Gasteiger partial charge in [0.15, 0.2) is 18.2 Å². The molecule has 2 amide bonds. The highest BCUT2D eigenvalue weighted by molar-refractivity contribution is 5.94. The van der Waals surface area contributed by atoms with Crippen molar-refractivity contribution in [2.45, 2.75) is 0 Å². The zero-order chi connectivity index (χ0) is 20.0. The van der Waals surface area contributed by atoms with Crippen LogP contribution in [-0.2, 0) is 9.59 Å². The highest BCUT2D eigenvalue weighted by Gasteiger charge is 2.17. The van der Waals surface area contributed by atoms with E-state index in [1.807, 2.05) is 0 Å². The van der Waals surface area contributed by atoms with Crippen LogP contribution in [0.15, 0.2) is 36.4 Å². The van der Waals surface area contributed by atoms with Crippen molar-refractivity contribution in [2.24, 2.45) is 0 Å². The van der Waals surface area contributed by atoms with Crippen LogP contribution < -0.4 is 15.4 Å². The van der Waals surface area contributed by atoms with E-state index < -0.39 is 58.8 Å². The topological polar surface area (TPSA) is 111 Å². The van der Waals surface area contributed by atoms with Gasteiger partial charge in [0, 0.05) is 23.9 Å². The number of nitro groups is 1. The predicted molar refractivity (Wildman–Crippen MR) is 86.5 cm³/mol. The number of carbonyl (C=O) groups is 2. The summed E-state index contributed by atoms with van der Waals surface area (Å²) in [5.74, 6) is -5.00. The van der Waals surface area contributed by atoms with Crippen LogP contribution in [0.2, 0.25) is 0 Å². The molecule has 0 aliphatic carbocycles. The van der Waals surface area contributed by atoms with Gasteiger partial charge in [-0.3, -0.25) is 19.7 Å². The highest BCUT2D eigenvalue weighted by atomic mass is 19.2. The number of ether oxygens (including phenoxy) is 1. The minimum Gasteiger partial charge on any atom is -0.477 e. The maximum absolute atomic E-state index is 13.1. The number of rotatable bonds is 7. The second-order valence-corrected chi connectivity index (χ2v) is 5.11. The lowest BCUT2D eigenvalue weighted by Crippen LogP contribution is -2.35. The van der Waals surface area contributed by atoms with Crippen LogP contribution in [-0.4, -0.2) is 29.9 Å². The Hall–Kier alpha value is -3.63. The molecule has 0 atom stereocenters. The number of benzene rings is 2. The number of amides is 2. The van der Waals surface area contributed by atoms with Gasteiger partial charge in [-0.15, -0.1) is 0 Å². The Kier molecular flexibility index (Phi) is 6.31. The number of nitrogens with one attached hydrogen (secondary N) is 2. The van der Waals surface area contributed by atoms with Crippen LogP contribution in [0.3, 0.4) is 0 Å². The number of anilines is 1. The quantitative estimate of drug-likeness (QED) is 0.562. The van der Waals surface area contributed by atoms with Crippen LogP contribution in [0.1, 0.15) is 0 Å². The van der Waals surface area contributed by atoms with E-state index in [1.165, 1.54) is 0 Å². The molecule has 2 rings (SSSR count). The fourth-order valence-electron chi connectivity index (χ4n) is 1.91. The van der Waals surface area contributed by atoms with Gasteiger partial charge < -0.3 is 15.4 Å². The molecule has 8 nitrogen and oxygen atoms in total. The molecule has 0 saturated heterocycles. The largest absolute Gasteiger partial charge is 0.477 e. The van der Waals surface area contributed by atoms with E-state index in [2.05, 4.69) is 10.6 Å². The predicted octanol–water partition coefficient (Wildman–Crippen LogP) is 2.15. The Morgan fingerprint density at radius 3 is 2.44 bits per heavy atom. The Morgan fingerprint density at radius 1 is 1.04 bits per heavy atom. The van der Waals surface area contributed by atoms with Gasteiger partial charge in [0.2, 0.25) is 11.7 Å².